The van der Waals surface area contributed by atoms with Crippen LogP contribution in [0.3, 0.4) is 0 Å². The van der Waals surface area contributed by atoms with Crippen LogP contribution in [0.15, 0.2) is 70.4 Å². The lowest BCUT2D eigenvalue weighted by Gasteiger charge is -2.11. The lowest BCUT2D eigenvalue weighted by atomic mass is 10.2. The lowest BCUT2D eigenvalue weighted by Crippen LogP contribution is -2.25. The number of fused-ring (bicyclic) bond motifs is 1. The van der Waals surface area contributed by atoms with E-state index in [9.17, 15) is 9.18 Å². The second-order valence-corrected chi connectivity index (χ2v) is 6.73. The Bertz CT molecular complexity index is 1140. The Hall–Kier alpha value is -3.52. The van der Waals surface area contributed by atoms with Crippen molar-refractivity contribution in [3.05, 3.63) is 78.0 Å². The number of amides is 1. The van der Waals surface area contributed by atoms with Gasteiger partial charge in [0.1, 0.15) is 11.6 Å². The fourth-order valence-corrected chi connectivity index (χ4v) is 3.43. The summed E-state index contributed by atoms with van der Waals surface area (Å²) in [6, 6.07) is 14.4. The van der Waals surface area contributed by atoms with E-state index in [0.29, 0.717) is 16.4 Å². The Morgan fingerprint density at radius 3 is 2.79 bits per heavy atom. The molecule has 4 aromatic rings. The number of benzene rings is 2. The molecular formula is C20H14FN3O3S. The fraction of sp³-hybridized carbons (Fsp3) is 0.0500. The van der Waals surface area contributed by atoms with Gasteiger partial charge in [0.15, 0.2) is 5.76 Å². The maximum atomic E-state index is 13.1. The number of ether oxygens (including phenoxy) is 1. The van der Waals surface area contributed by atoms with Gasteiger partial charge < -0.3 is 9.15 Å². The maximum absolute atomic E-state index is 13.1. The van der Waals surface area contributed by atoms with E-state index in [-0.39, 0.29) is 11.6 Å². The van der Waals surface area contributed by atoms with E-state index in [0.717, 1.165) is 10.2 Å². The summed E-state index contributed by atoms with van der Waals surface area (Å²) in [5, 5.41) is 5.82. The van der Waals surface area contributed by atoms with E-state index >= 15 is 0 Å². The van der Waals surface area contributed by atoms with E-state index in [4.69, 9.17) is 9.15 Å². The monoisotopic (exact) mass is 395 g/mol. The van der Waals surface area contributed by atoms with Gasteiger partial charge in [-0.1, -0.05) is 23.5 Å². The molecule has 1 amide bonds. The highest BCUT2D eigenvalue weighted by molar-refractivity contribution is 7.22. The smallest absolute Gasteiger partial charge is 0.316 e. The van der Waals surface area contributed by atoms with E-state index in [1.807, 2.05) is 12.1 Å². The van der Waals surface area contributed by atoms with Gasteiger partial charge in [-0.25, -0.2) is 9.37 Å². The molecule has 0 bridgehead atoms. The van der Waals surface area contributed by atoms with E-state index < -0.39 is 5.91 Å². The van der Waals surface area contributed by atoms with Crippen molar-refractivity contribution in [2.75, 3.05) is 12.1 Å². The number of methoxy groups -OCH3 is 1. The van der Waals surface area contributed by atoms with Crippen molar-refractivity contribution in [2.45, 2.75) is 0 Å². The third-order valence-corrected chi connectivity index (χ3v) is 4.88. The third-order valence-electron chi connectivity index (χ3n) is 3.88. The molecule has 28 heavy (non-hydrogen) atoms. The number of nitrogens with zero attached hydrogens (tertiary/aromatic N) is 3. The number of halogens is 1. The van der Waals surface area contributed by atoms with Gasteiger partial charge in [-0.15, -0.1) is 0 Å². The summed E-state index contributed by atoms with van der Waals surface area (Å²) in [6.45, 7) is 0. The largest absolute Gasteiger partial charge is 0.497 e. The summed E-state index contributed by atoms with van der Waals surface area (Å²) >= 11 is 1.30. The molecule has 2 aromatic carbocycles. The summed E-state index contributed by atoms with van der Waals surface area (Å²) < 4.78 is 24.4. The first kappa shape index (κ1) is 17.9. The van der Waals surface area contributed by atoms with Crippen LogP contribution in [0.1, 0.15) is 16.1 Å². The minimum atomic E-state index is -0.464. The molecule has 140 valence electrons. The average Bonchev–Trinajstić information content (AvgIpc) is 3.38. The summed E-state index contributed by atoms with van der Waals surface area (Å²) in [6.07, 6.45) is 2.88. The summed E-state index contributed by atoms with van der Waals surface area (Å²) in [4.78, 5) is 17.4. The van der Waals surface area contributed by atoms with Crippen LogP contribution < -0.4 is 9.75 Å². The molecule has 0 atom stereocenters. The first-order chi connectivity index (χ1) is 13.6. The molecule has 0 aliphatic heterocycles. The topological polar surface area (TPSA) is 67.9 Å². The fourth-order valence-electron chi connectivity index (χ4n) is 2.48. The van der Waals surface area contributed by atoms with Crippen LogP contribution in [-0.2, 0) is 0 Å². The molecule has 2 heterocycles. The van der Waals surface area contributed by atoms with Gasteiger partial charge in [-0.2, -0.15) is 10.1 Å². The van der Waals surface area contributed by atoms with Crippen LogP contribution in [0.4, 0.5) is 9.52 Å². The van der Waals surface area contributed by atoms with Gasteiger partial charge in [-0.05, 0) is 48.0 Å². The minimum absolute atomic E-state index is 0.132. The summed E-state index contributed by atoms with van der Waals surface area (Å²) in [5.41, 5.74) is 1.36. The Balaban J connectivity index is 1.74. The zero-order valence-electron chi connectivity index (χ0n) is 14.7. The quantitative estimate of drug-likeness (QED) is 0.362. The highest BCUT2D eigenvalue weighted by Crippen LogP contribution is 2.32. The first-order valence-electron chi connectivity index (χ1n) is 8.26. The molecule has 4 rings (SSSR count). The molecule has 0 fully saturated rings. The normalized spacial score (nSPS) is 11.2. The van der Waals surface area contributed by atoms with E-state index in [1.165, 1.54) is 41.0 Å². The molecule has 0 aliphatic carbocycles. The van der Waals surface area contributed by atoms with Crippen molar-refractivity contribution in [1.29, 1.82) is 0 Å². The van der Waals surface area contributed by atoms with Gasteiger partial charge in [0.2, 0.25) is 5.13 Å². The van der Waals surface area contributed by atoms with Crippen molar-refractivity contribution in [2.24, 2.45) is 5.10 Å². The van der Waals surface area contributed by atoms with Gasteiger partial charge in [0.25, 0.3) is 0 Å². The van der Waals surface area contributed by atoms with Crippen molar-refractivity contribution >= 4 is 38.8 Å². The molecule has 0 N–H and O–H groups in total. The average molecular weight is 395 g/mol. The molecule has 0 spiro atoms. The number of aromatic nitrogens is 1. The van der Waals surface area contributed by atoms with Crippen molar-refractivity contribution < 1.29 is 18.3 Å². The zero-order chi connectivity index (χ0) is 19.5. The standard InChI is InChI=1S/C20H14FN3O3S/c1-26-15-8-9-16-18(11-15)28-20(23-16)24(19(25)17-3-2-10-27-17)22-12-13-4-6-14(21)7-5-13/h2-12H,1H3/b22-12-. The molecule has 2 aromatic heterocycles. The minimum Gasteiger partial charge on any atom is -0.497 e. The lowest BCUT2D eigenvalue weighted by molar-refractivity contribution is 0.0961. The highest BCUT2D eigenvalue weighted by Gasteiger charge is 2.23. The Kier molecular flexibility index (Phi) is 4.86. The summed E-state index contributed by atoms with van der Waals surface area (Å²) in [7, 11) is 1.59. The predicted molar refractivity (Wildman–Crippen MR) is 106 cm³/mol. The second kappa shape index (κ2) is 7.61. The Labute approximate surface area is 163 Å². The van der Waals surface area contributed by atoms with Crippen LogP contribution in [-0.4, -0.2) is 24.2 Å². The van der Waals surface area contributed by atoms with Gasteiger partial charge in [0.05, 0.1) is 29.8 Å². The number of furan rings is 1. The van der Waals surface area contributed by atoms with Crippen LogP contribution in [0, 0.1) is 5.82 Å². The SMILES string of the molecule is COc1ccc2nc(N(/N=C\c3ccc(F)cc3)C(=O)c3ccco3)sc2c1. The number of thiazole rings is 1. The molecular weight excluding hydrogens is 381 g/mol. The van der Waals surface area contributed by atoms with Gasteiger partial charge in [0, 0.05) is 0 Å². The van der Waals surface area contributed by atoms with Crippen molar-refractivity contribution in [3.8, 4) is 5.75 Å². The highest BCUT2D eigenvalue weighted by atomic mass is 32.1. The maximum Gasteiger partial charge on any atom is 0.316 e. The number of rotatable bonds is 5. The number of hydrazone groups is 1. The van der Waals surface area contributed by atoms with Crippen molar-refractivity contribution in [3.63, 3.8) is 0 Å². The molecule has 0 saturated heterocycles. The molecule has 0 saturated carbocycles. The van der Waals surface area contributed by atoms with Crippen LogP contribution >= 0.6 is 11.3 Å². The van der Waals surface area contributed by atoms with E-state index in [1.54, 1.807) is 37.4 Å². The van der Waals surface area contributed by atoms with Crippen LogP contribution in [0.25, 0.3) is 10.2 Å². The number of hydrogen-bond acceptors (Lipinski definition) is 6. The number of hydrogen-bond donors (Lipinski definition) is 0. The Morgan fingerprint density at radius 2 is 2.07 bits per heavy atom. The zero-order valence-corrected chi connectivity index (χ0v) is 15.5. The van der Waals surface area contributed by atoms with Crippen LogP contribution in [0.2, 0.25) is 0 Å². The molecule has 8 heteroatoms. The predicted octanol–water partition coefficient (Wildman–Crippen LogP) is 4.72. The first-order valence-corrected chi connectivity index (χ1v) is 9.08. The third kappa shape index (κ3) is 3.63. The number of carbonyl (C=O) groups is 1. The second-order valence-electron chi connectivity index (χ2n) is 5.72. The molecule has 6 nitrogen and oxygen atoms in total. The van der Waals surface area contributed by atoms with Crippen molar-refractivity contribution in [1.82, 2.24) is 4.98 Å². The number of carbonyl (C=O) groups excluding carboxylic acids is 1. The van der Waals surface area contributed by atoms with E-state index in [2.05, 4.69) is 10.1 Å². The Morgan fingerprint density at radius 1 is 1.25 bits per heavy atom. The van der Waals surface area contributed by atoms with Crippen LogP contribution in [0.5, 0.6) is 5.75 Å². The van der Waals surface area contributed by atoms with Gasteiger partial charge >= 0.3 is 5.91 Å². The van der Waals surface area contributed by atoms with Gasteiger partial charge in [-0.3, -0.25) is 4.79 Å². The summed E-state index contributed by atoms with van der Waals surface area (Å²) in [5.74, 6) is 0.0182. The molecule has 0 radical (unpaired) electrons. The molecule has 0 unspecified atom stereocenters. The number of anilines is 1. The molecule has 0 aliphatic rings.